The average molecular weight is 333 g/mol. The van der Waals surface area contributed by atoms with Crippen molar-refractivity contribution in [2.75, 3.05) is 7.11 Å². The molecule has 0 aliphatic rings. The van der Waals surface area contributed by atoms with Gasteiger partial charge in [-0.05, 0) is 35.2 Å². The first kappa shape index (κ1) is 16.1. The monoisotopic (exact) mass is 333 g/mol. The highest BCUT2D eigenvalue weighted by Crippen LogP contribution is 2.25. The minimum absolute atomic E-state index is 0.357. The number of carbonyl (C=O) groups excluding carboxylic acids is 1. The van der Waals surface area contributed by atoms with Gasteiger partial charge < -0.3 is 9.30 Å². The van der Waals surface area contributed by atoms with Crippen LogP contribution in [0.25, 0.3) is 10.9 Å². The molecule has 0 radical (unpaired) electrons. The number of aromatic nitrogens is 1. The lowest BCUT2D eigenvalue weighted by Crippen LogP contribution is -2.22. The lowest BCUT2D eigenvalue weighted by Gasteiger charge is -2.09. The summed E-state index contributed by atoms with van der Waals surface area (Å²) in [4.78, 5) is 11.4. The minimum Gasteiger partial charge on any atom is -0.497 e. The van der Waals surface area contributed by atoms with E-state index >= 15 is 0 Å². The van der Waals surface area contributed by atoms with Crippen LogP contribution in [0, 0.1) is 0 Å². The fourth-order valence-corrected chi connectivity index (χ4v) is 2.55. The van der Waals surface area contributed by atoms with E-state index in [9.17, 15) is 18.0 Å². The van der Waals surface area contributed by atoms with Gasteiger partial charge in [0.2, 0.25) is 0 Å². The van der Waals surface area contributed by atoms with Crippen LogP contribution >= 0.6 is 0 Å². The number of alkyl halides is 3. The SMILES string of the molecule is COc1ccc(Cn2ccc3ccc(C(=O)C(F)(F)F)cc32)cc1. The summed E-state index contributed by atoms with van der Waals surface area (Å²) < 4.78 is 44.7. The standard InChI is InChI=1S/C18H14F3NO2/c1-24-15-6-2-12(3-7-15)11-22-9-8-13-4-5-14(10-16(13)22)17(23)18(19,20)21/h2-10H,11H2,1H3. The third-order valence-electron chi connectivity index (χ3n) is 3.81. The molecule has 1 heterocycles. The molecular formula is C18H14F3NO2. The van der Waals surface area contributed by atoms with E-state index in [-0.39, 0.29) is 5.56 Å². The van der Waals surface area contributed by atoms with Gasteiger partial charge in [0.15, 0.2) is 0 Å². The number of benzene rings is 2. The van der Waals surface area contributed by atoms with E-state index < -0.39 is 12.0 Å². The Balaban J connectivity index is 1.94. The molecule has 0 N–H and O–H groups in total. The number of rotatable bonds is 4. The summed E-state index contributed by atoms with van der Waals surface area (Å²) in [5.74, 6) is -1.10. The second-order valence-corrected chi connectivity index (χ2v) is 5.39. The highest BCUT2D eigenvalue weighted by atomic mass is 19.4. The molecule has 0 atom stereocenters. The zero-order chi connectivity index (χ0) is 17.3. The maximum atomic E-state index is 12.6. The van der Waals surface area contributed by atoms with Crippen LogP contribution < -0.4 is 4.74 Å². The predicted octanol–water partition coefficient (Wildman–Crippen LogP) is 4.44. The molecule has 1 aromatic heterocycles. The van der Waals surface area contributed by atoms with Gasteiger partial charge in [0.1, 0.15) is 5.75 Å². The summed E-state index contributed by atoms with van der Waals surface area (Å²) in [6, 6.07) is 13.2. The van der Waals surface area contributed by atoms with E-state index in [1.54, 1.807) is 19.4 Å². The zero-order valence-corrected chi connectivity index (χ0v) is 12.8. The van der Waals surface area contributed by atoms with Crippen LogP contribution in [0.3, 0.4) is 0 Å². The van der Waals surface area contributed by atoms with Gasteiger partial charge in [-0.15, -0.1) is 0 Å². The molecule has 3 nitrogen and oxygen atoms in total. The van der Waals surface area contributed by atoms with Crippen molar-refractivity contribution in [2.24, 2.45) is 0 Å². The van der Waals surface area contributed by atoms with Crippen molar-refractivity contribution in [2.45, 2.75) is 12.7 Å². The predicted molar refractivity (Wildman–Crippen MR) is 84.4 cm³/mol. The largest absolute Gasteiger partial charge is 0.497 e. The molecule has 2 aromatic carbocycles. The first-order valence-electron chi connectivity index (χ1n) is 7.22. The van der Waals surface area contributed by atoms with Gasteiger partial charge in [0.25, 0.3) is 5.78 Å². The fraction of sp³-hybridized carbons (Fsp3) is 0.167. The first-order valence-corrected chi connectivity index (χ1v) is 7.22. The molecule has 0 bridgehead atoms. The molecule has 0 aliphatic heterocycles. The highest BCUT2D eigenvalue weighted by Gasteiger charge is 2.39. The molecule has 0 fully saturated rings. The quantitative estimate of drug-likeness (QED) is 0.661. The Kier molecular flexibility index (Phi) is 4.05. The molecule has 6 heteroatoms. The molecule has 0 spiro atoms. The maximum absolute atomic E-state index is 12.6. The third-order valence-corrected chi connectivity index (χ3v) is 3.81. The van der Waals surface area contributed by atoms with E-state index in [1.165, 1.54) is 18.2 Å². The van der Waals surface area contributed by atoms with Gasteiger partial charge >= 0.3 is 6.18 Å². The molecule has 124 valence electrons. The van der Waals surface area contributed by atoms with Crippen LogP contribution in [-0.2, 0) is 6.54 Å². The van der Waals surface area contributed by atoms with E-state index in [2.05, 4.69) is 0 Å². The van der Waals surface area contributed by atoms with E-state index in [0.717, 1.165) is 16.7 Å². The van der Waals surface area contributed by atoms with Gasteiger partial charge in [-0.25, -0.2) is 0 Å². The van der Waals surface area contributed by atoms with Crippen molar-refractivity contribution in [3.63, 3.8) is 0 Å². The van der Waals surface area contributed by atoms with Crippen molar-refractivity contribution in [1.29, 1.82) is 0 Å². The number of methoxy groups -OCH3 is 1. The summed E-state index contributed by atoms with van der Waals surface area (Å²) in [5, 5.41) is 0.780. The molecule has 3 aromatic rings. The number of hydrogen-bond acceptors (Lipinski definition) is 2. The summed E-state index contributed by atoms with van der Waals surface area (Å²) in [5.41, 5.74) is 1.20. The lowest BCUT2D eigenvalue weighted by atomic mass is 10.1. The van der Waals surface area contributed by atoms with Crippen molar-refractivity contribution >= 4 is 16.7 Å². The Morgan fingerprint density at radius 2 is 1.79 bits per heavy atom. The molecular weight excluding hydrogens is 319 g/mol. The number of Topliss-reactive ketones (excluding diaryl/α,β-unsaturated/α-hetero) is 1. The molecule has 0 unspecified atom stereocenters. The fourth-order valence-electron chi connectivity index (χ4n) is 2.55. The molecule has 3 rings (SSSR count). The van der Waals surface area contributed by atoms with E-state index in [4.69, 9.17) is 4.74 Å². The Hall–Kier alpha value is -2.76. The van der Waals surface area contributed by atoms with Gasteiger partial charge in [-0.2, -0.15) is 13.2 Å². The van der Waals surface area contributed by atoms with Gasteiger partial charge in [-0.1, -0.05) is 24.3 Å². The topological polar surface area (TPSA) is 31.2 Å². The minimum atomic E-state index is -4.87. The van der Waals surface area contributed by atoms with Gasteiger partial charge in [0.05, 0.1) is 7.11 Å². The Morgan fingerprint density at radius 3 is 2.42 bits per heavy atom. The van der Waals surface area contributed by atoms with Gasteiger partial charge in [0, 0.05) is 23.8 Å². The molecule has 0 aliphatic carbocycles. The molecule has 0 saturated heterocycles. The second kappa shape index (κ2) is 6.03. The number of ketones is 1. The maximum Gasteiger partial charge on any atom is 0.454 e. The lowest BCUT2D eigenvalue weighted by molar-refractivity contribution is -0.0885. The number of halogens is 3. The molecule has 24 heavy (non-hydrogen) atoms. The van der Waals surface area contributed by atoms with Crippen LogP contribution in [0.1, 0.15) is 15.9 Å². The molecule has 0 amide bonds. The van der Waals surface area contributed by atoms with Crippen molar-refractivity contribution in [1.82, 2.24) is 4.57 Å². The van der Waals surface area contributed by atoms with E-state index in [1.807, 2.05) is 28.8 Å². The Morgan fingerprint density at radius 1 is 1.08 bits per heavy atom. The van der Waals surface area contributed by atoms with Crippen LogP contribution in [-0.4, -0.2) is 23.6 Å². The summed E-state index contributed by atoms with van der Waals surface area (Å²) >= 11 is 0. The van der Waals surface area contributed by atoms with Crippen LogP contribution in [0.2, 0.25) is 0 Å². The normalized spacial score (nSPS) is 11.7. The summed E-state index contributed by atoms with van der Waals surface area (Å²) in [6.45, 7) is 0.483. The van der Waals surface area contributed by atoms with Crippen molar-refractivity contribution in [3.8, 4) is 5.75 Å². The number of carbonyl (C=O) groups is 1. The van der Waals surface area contributed by atoms with Crippen LogP contribution in [0.5, 0.6) is 5.75 Å². The number of hydrogen-bond donors (Lipinski definition) is 0. The van der Waals surface area contributed by atoms with Crippen LogP contribution in [0.4, 0.5) is 13.2 Å². The van der Waals surface area contributed by atoms with Gasteiger partial charge in [-0.3, -0.25) is 4.79 Å². The smallest absolute Gasteiger partial charge is 0.454 e. The number of nitrogens with zero attached hydrogens (tertiary/aromatic N) is 1. The second-order valence-electron chi connectivity index (χ2n) is 5.39. The third kappa shape index (κ3) is 3.13. The highest BCUT2D eigenvalue weighted by molar-refractivity contribution is 6.02. The number of ether oxygens (including phenoxy) is 1. The first-order chi connectivity index (χ1) is 11.4. The van der Waals surface area contributed by atoms with E-state index in [0.29, 0.717) is 12.1 Å². The average Bonchev–Trinajstić information content (AvgIpc) is 2.96. The van der Waals surface area contributed by atoms with Crippen molar-refractivity contribution < 1.29 is 22.7 Å². The number of fused-ring (bicyclic) bond motifs is 1. The van der Waals surface area contributed by atoms with Crippen LogP contribution in [0.15, 0.2) is 54.7 Å². The Bertz CT molecular complexity index is 879. The molecule has 0 saturated carbocycles. The zero-order valence-electron chi connectivity index (χ0n) is 12.8. The van der Waals surface area contributed by atoms with Crippen molar-refractivity contribution in [3.05, 3.63) is 65.9 Å². The summed E-state index contributed by atoms with van der Waals surface area (Å²) in [6.07, 6.45) is -3.09. The Labute approximate surface area is 136 Å². The summed E-state index contributed by atoms with van der Waals surface area (Å²) in [7, 11) is 1.58.